The first-order valence-electron chi connectivity index (χ1n) is 10.7. The molecule has 0 spiro atoms. The number of hydrogen-bond donors (Lipinski definition) is 2. The number of morpholine rings is 1. The molecule has 1 saturated heterocycles. The summed E-state index contributed by atoms with van der Waals surface area (Å²) in [5, 5.41) is 5.87. The summed E-state index contributed by atoms with van der Waals surface area (Å²) in [6.07, 6.45) is 0. The average molecular weight is 461 g/mol. The van der Waals surface area contributed by atoms with Crippen LogP contribution in [0.25, 0.3) is 0 Å². The summed E-state index contributed by atoms with van der Waals surface area (Å²) in [7, 11) is 0. The summed E-state index contributed by atoms with van der Waals surface area (Å²) in [4.78, 5) is 19.6. The van der Waals surface area contributed by atoms with Crippen molar-refractivity contribution in [2.24, 2.45) is 4.99 Å². The minimum absolute atomic E-state index is 0.00449. The van der Waals surface area contributed by atoms with Crippen LogP contribution in [0.15, 0.2) is 47.5 Å². The molecule has 172 valence electrons. The molecule has 0 atom stereocenters. The van der Waals surface area contributed by atoms with Crippen LogP contribution in [0.1, 0.15) is 36.7 Å². The maximum Gasteiger partial charge on any atom is 0.257 e. The van der Waals surface area contributed by atoms with Crippen molar-refractivity contribution in [2.75, 3.05) is 44.7 Å². The Morgan fingerprint density at radius 3 is 2.47 bits per heavy atom. The summed E-state index contributed by atoms with van der Waals surface area (Å²) >= 11 is 5.90. The van der Waals surface area contributed by atoms with E-state index in [0.29, 0.717) is 31.0 Å². The molecule has 8 heteroatoms. The van der Waals surface area contributed by atoms with Gasteiger partial charge in [0.1, 0.15) is 5.82 Å². The second-order valence-electron chi connectivity index (χ2n) is 8.72. The maximum absolute atomic E-state index is 13.5. The zero-order valence-corrected chi connectivity index (χ0v) is 19.5. The first-order chi connectivity index (χ1) is 15.2. The van der Waals surface area contributed by atoms with E-state index in [0.717, 1.165) is 25.2 Å². The van der Waals surface area contributed by atoms with Gasteiger partial charge in [0.25, 0.3) is 5.91 Å². The van der Waals surface area contributed by atoms with Crippen molar-refractivity contribution in [3.8, 4) is 0 Å². The molecule has 1 fully saturated rings. The Bertz CT molecular complexity index is 951. The van der Waals surface area contributed by atoms with Crippen molar-refractivity contribution in [3.05, 3.63) is 64.4 Å². The number of nitrogens with one attached hydrogen (secondary N) is 2. The third kappa shape index (κ3) is 7.02. The molecule has 1 amide bonds. The second kappa shape index (κ2) is 10.9. The Hall–Kier alpha value is -2.48. The number of nitrogens with zero attached hydrogens (tertiary/aromatic N) is 2. The van der Waals surface area contributed by atoms with Crippen molar-refractivity contribution in [1.29, 1.82) is 0 Å². The highest BCUT2D eigenvalue weighted by Crippen LogP contribution is 2.22. The first-order valence-corrected chi connectivity index (χ1v) is 11.1. The van der Waals surface area contributed by atoms with Crippen molar-refractivity contribution < 1.29 is 13.9 Å². The Morgan fingerprint density at radius 2 is 1.84 bits per heavy atom. The minimum atomic E-state index is -0.508. The predicted octanol–water partition coefficient (Wildman–Crippen LogP) is 4.31. The average Bonchev–Trinajstić information content (AvgIpc) is 2.76. The Labute approximate surface area is 193 Å². The van der Waals surface area contributed by atoms with Crippen molar-refractivity contribution >= 4 is 29.2 Å². The first kappa shape index (κ1) is 24.2. The monoisotopic (exact) mass is 460 g/mol. The van der Waals surface area contributed by atoms with Gasteiger partial charge >= 0.3 is 0 Å². The van der Waals surface area contributed by atoms with Crippen molar-refractivity contribution in [1.82, 2.24) is 10.2 Å². The van der Waals surface area contributed by atoms with E-state index in [2.05, 4.69) is 41.3 Å². The van der Waals surface area contributed by atoms with Crippen LogP contribution in [-0.4, -0.2) is 56.2 Å². The van der Waals surface area contributed by atoms with Crippen molar-refractivity contribution in [2.45, 2.75) is 26.2 Å². The van der Waals surface area contributed by atoms with Gasteiger partial charge in [-0.2, -0.15) is 0 Å². The molecule has 0 aliphatic carbocycles. The topological polar surface area (TPSA) is 66.0 Å². The standard InChI is InChI=1S/C24H30ClFN4O2/c1-24(2,3)18-6-4-17(5-7-18)22(31)29-23(27-10-11-30-12-14-32-15-13-30)28-19-8-9-21(26)20(25)16-19/h4-9,16H,10-15H2,1-3H3,(H2,27,28,29,31). The molecule has 0 unspecified atom stereocenters. The number of anilines is 1. The number of guanidine groups is 1. The lowest BCUT2D eigenvalue weighted by Crippen LogP contribution is -2.39. The second-order valence-corrected chi connectivity index (χ2v) is 9.13. The zero-order valence-electron chi connectivity index (χ0n) is 18.8. The van der Waals surface area contributed by atoms with Gasteiger partial charge in [0.05, 0.1) is 24.8 Å². The van der Waals surface area contributed by atoms with Crippen LogP contribution in [0, 0.1) is 5.82 Å². The number of benzene rings is 2. The number of carbonyl (C=O) groups is 1. The number of rotatable bonds is 5. The molecule has 32 heavy (non-hydrogen) atoms. The quantitative estimate of drug-likeness (QED) is 0.515. The molecule has 0 saturated carbocycles. The summed E-state index contributed by atoms with van der Waals surface area (Å²) in [6.45, 7) is 10.7. The fraction of sp³-hybridized carbons (Fsp3) is 0.417. The minimum Gasteiger partial charge on any atom is -0.379 e. The van der Waals surface area contributed by atoms with E-state index < -0.39 is 5.82 Å². The van der Waals surface area contributed by atoms with E-state index in [1.54, 1.807) is 18.2 Å². The number of halogens is 2. The smallest absolute Gasteiger partial charge is 0.257 e. The van der Waals surface area contributed by atoms with Gasteiger partial charge in [0.15, 0.2) is 0 Å². The van der Waals surface area contributed by atoms with Crippen LogP contribution in [0.2, 0.25) is 5.02 Å². The van der Waals surface area contributed by atoms with Gasteiger partial charge in [0.2, 0.25) is 5.96 Å². The molecular formula is C24H30ClFN4O2. The SMILES string of the molecule is CC(C)(C)c1ccc(C(=O)NC(=NCCN2CCOCC2)Nc2ccc(F)c(Cl)c2)cc1. The van der Waals surface area contributed by atoms with Crippen LogP contribution in [0.4, 0.5) is 10.1 Å². The van der Waals surface area contributed by atoms with Gasteiger partial charge in [0, 0.05) is 30.9 Å². The fourth-order valence-corrected chi connectivity index (χ4v) is 3.43. The highest BCUT2D eigenvalue weighted by molar-refractivity contribution is 6.31. The van der Waals surface area contributed by atoms with Crippen LogP contribution in [0.3, 0.4) is 0 Å². The van der Waals surface area contributed by atoms with Crippen LogP contribution < -0.4 is 10.6 Å². The fourth-order valence-electron chi connectivity index (χ4n) is 3.25. The predicted molar refractivity (Wildman–Crippen MR) is 127 cm³/mol. The molecule has 0 radical (unpaired) electrons. The van der Waals surface area contributed by atoms with E-state index in [-0.39, 0.29) is 22.3 Å². The van der Waals surface area contributed by atoms with E-state index >= 15 is 0 Å². The Morgan fingerprint density at radius 1 is 1.16 bits per heavy atom. The lowest BCUT2D eigenvalue weighted by molar-refractivity contribution is 0.0394. The van der Waals surface area contributed by atoms with E-state index in [1.807, 2.05) is 12.1 Å². The molecule has 1 heterocycles. The maximum atomic E-state index is 13.5. The molecular weight excluding hydrogens is 431 g/mol. The molecule has 1 aliphatic heterocycles. The van der Waals surface area contributed by atoms with Gasteiger partial charge in [-0.15, -0.1) is 0 Å². The van der Waals surface area contributed by atoms with Crippen LogP contribution >= 0.6 is 11.6 Å². The number of amides is 1. The third-order valence-corrected chi connectivity index (χ3v) is 5.51. The van der Waals surface area contributed by atoms with Gasteiger partial charge in [-0.1, -0.05) is 44.5 Å². The normalized spacial score (nSPS) is 15.5. The molecule has 2 aromatic carbocycles. The molecule has 0 bridgehead atoms. The van der Waals surface area contributed by atoms with E-state index in [9.17, 15) is 9.18 Å². The summed E-state index contributed by atoms with van der Waals surface area (Å²) in [5.41, 5.74) is 2.21. The summed E-state index contributed by atoms with van der Waals surface area (Å²) in [5.74, 6) is -0.506. The molecule has 0 aromatic heterocycles. The van der Waals surface area contributed by atoms with Gasteiger partial charge in [-0.05, 0) is 41.3 Å². The van der Waals surface area contributed by atoms with Crippen molar-refractivity contribution in [3.63, 3.8) is 0 Å². The van der Waals surface area contributed by atoms with Crippen LogP contribution in [-0.2, 0) is 10.2 Å². The zero-order chi connectivity index (χ0) is 23.1. The molecule has 2 aromatic rings. The van der Waals surface area contributed by atoms with Gasteiger partial charge < -0.3 is 10.1 Å². The van der Waals surface area contributed by atoms with Crippen LogP contribution in [0.5, 0.6) is 0 Å². The van der Waals surface area contributed by atoms with E-state index in [1.165, 1.54) is 12.1 Å². The molecule has 1 aliphatic rings. The third-order valence-electron chi connectivity index (χ3n) is 5.22. The lowest BCUT2D eigenvalue weighted by Gasteiger charge is -2.25. The summed E-state index contributed by atoms with van der Waals surface area (Å²) < 4.78 is 18.9. The van der Waals surface area contributed by atoms with E-state index in [4.69, 9.17) is 16.3 Å². The Balaban J connectivity index is 1.72. The molecule has 3 rings (SSSR count). The molecule has 2 N–H and O–H groups in total. The number of ether oxygens (including phenoxy) is 1. The highest BCUT2D eigenvalue weighted by atomic mass is 35.5. The Kier molecular flexibility index (Phi) is 8.23. The molecule has 6 nitrogen and oxygen atoms in total. The largest absolute Gasteiger partial charge is 0.379 e. The number of carbonyl (C=O) groups excluding carboxylic acids is 1. The number of hydrogen-bond acceptors (Lipinski definition) is 4. The highest BCUT2D eigenvalue weighted by Gasteiger charge is 2.16. The van der Waals surface area contributed by atoms with Gasteiger partial charge in [-0.3, -0.25) is 20.0 Å². The lowest BCUT2D eigenvalue weighted by atomic mass is 9.87. The number of aliphatic imine (C=N–C) groups is 1. The van der Waals surface area contributed by atoms with Gasteiger partial charge in [-0.25, -0.2) is 4.39 Å². The summed E-state index contributed by atoms with van der Waals surface area (Å²) in [6, 6.07) is 11.8.